The van der Waals surface area contributed by atoms with Gasteiger partial charge in [-0.15, -0.1) is 0 Å². The van der Waals surface area contributed by atoms with Crippen molar-refractivity contribution in [3.8, 4) is 11.4 Å². The molecule has 32 heavy (non-hydrogen) atoms. The number of hydrogen-bond acceptors (Lipinski definition) is 6. The summed E-state index contributed by atoms with van der Waals surface area (Å²) in [6.45, 7) is 1.49. The summed E-state index contributed by atoms with van der Waals surface area (Å²) < 4.78 is 38.4. The summed E-state index contributed by atoms with van der Waals surface area (Å²) in [5.41, 5.74) is 1.30. The Balaban J connectivity index is 1.40. The summed E-state index contributed by atoms with van der Waals surface area (Å²) in [6, 6.07) is 14.0. The van der Waals surface area contributed by atoms with Crippen molar-refractivity contribution >= 4 is 27.5 Å². The zero-order valence-electron chi connectivity index (χ0n) is 17.1. The van der Waals surface area contributed by atoms with E-state index in [1.54, 1.807) is 42.7 Å². The minimum Gasteiger partial charge on any atom is -0.489 e. The second-order valence-electron chi connectivity index (χ2n) is 7.71. The fraction of sp³-hybridized carbons (Fsp3) is 0.273. The average molecular weight is 476 g/mol. The van der Waals surface area contributed by atoms with Gasteiger partial charge in [0, 0.05) is 30.4 Å². The van der Waals surface area contributed by atoms with E-state index >= 15 is 0 Å². The molecule has 1 aromatic carbocycles. The summed E-state index contributed by atoms with van der Waals surface area (Å²) in [4.78, 5) is 19.0. The lowest BCUT2D eigenvalue weighted by Crippen LogP contribution is -2.23. The van der Waals surface area contributed by atoms with Crippen molar-refractivity contribution in [2.75, 3.05) is 23.7 Å². The van der Waals surface area contributed by atoms with E-state index in [1.165, 1.54) is 10.6 Å². The third-order valence-electron chi connectivity index (χ3n) is 5.28. The maximum absolute atomic E-state index is 12.6. The maximum atomic E-state index is 12.6. The lowest BCUT2D eigenvalue weighted by molar-refractivity contribution is 0.305. The number of nitrogens with zero attached hydrogens (tertiary/aromatic N) is 3. The molecule has 1 fully saturated rings. The highest BCUT2D eigenvalue weighted by molar-refractivity contribution is 7.85. The molecule has 168 valence electrons. The van der Waals surface area contributed by atoms with Crippen molar-refractivity contribution in [1.29, 1.82) is 0 Å². The molecule has 3 aromatic rings. The van der Waals surface area contributed by atoms with Gasteiger partial charge in [0.25, 0.3) is 15.7 Å². The molecule has 0 unspecified atom stereocenters. The molecule has 8 nitrogen and oxygen atoms in total. The molecule has 0 aliphatic carbocycles. The van der Waals surface area contributed by atoms with Crippen molar-refractivity contribution in [1.82, 2.24) is 9.55 Å². The van der Waals surface area contributed by atoms with Crippen LogP contribution in [0.5, 0.6) is 5.75 Å². The number of anilines is 1. The lowest BCUT2D eigenvalue weighted by Gasteiger charge is -2.17. The van der Waals surface area contributed by atoms with E-state index in [0.717, 1.165) is 5.56 Å². The molecule has 2 aromatic heterocycles. The van der Waals surface area contributed by atoms with Gasteiger partial charge < -0.3 is 9.64 Å². The topological polar surface area (TPSA) is 102 Å². The number of ether oxygens (including phenoxy) is 1. The molecule has 0 saturated carbocycles. The average Bonchev–Trinajstić information content (AvgIpc) is 3.20. The molecule has 1 aliphatic rings. The van der Waals surface area contributed by atoms with Crippen molar-refractivity contribution in [2.45, 2.75) is 13.0 Å². The van der Waals surface area contributed by atoms with Crippen molar-refractivity contribution in [3.63, 3.8) is 0 Å². The Morgan fingerprint density at radius 1 is 1.16 bits per heavy atom. The van der Waals surface area contributed by atoms with Crippen LogP contribution < -0.4 is 15.2 Å². The molecule has 0 spiro atoms. The standard InChI is InChI=1S/C22H22ClN3O5S/c23-18-3-1-16(2-4-18)14-31-20-8-10-26(22(27)11-20)19-5-6-21(24-12-19)25-9-7-17(13-25)15-32(28,29)30/h1-6,8,10-12,17H,7,9,13-15H2,(H,28,29,30)/t17-/m1/s1. The summed E-state index contributed by atoms with van der Waals surface area (Å²) in [5, 5.41) is 0.652. The zero-order valence-corrected chi connectivity index (χ0v) is 18.7. The molecule has 3 heterocycles. The molecule has 0 bridgehead atoms. The normalized spacial score (nSPS) is 16.3. The van der Waals surface area contributed by atoms with Crippen LogP contribution in [0.2, 0.25) is 5.02 Å². The van der Waals surface area contributed by atoms with Crippen LogP contribution >= 0.6 is 11.6 Å². The molecule has 0 radical (unpaired) electrons. The zero-order chi connectivity index (χ0) is 22.7. The van der Waals surface area contributed by atoms with Gasteiger partial charge in [-0.05, 0) is 48.2 Å². The summed E-state index contributed by atoms with van der Waals surface area (Å²) in [5.74, 6) is 0.786. The Bertz CT molecular complexity index is 1240. The third kappa shape index (κ3) is 5.67. The van der Waals surface area contributed by atoms with E-state index in [9.17, 15) is 13.2 Å². The van der Waals surface area contributed by atoms with Crippen LogP contribution in [0, 0.1) is 5.92 Å². The van der Waals surface area contributed by atoms with Crippen LogP contribution in [-0.4, -0.2) is 41.4 Å². The number of aromatic nitrogens is 2. The highest BCUT2D eigenvalue weighted by Gasteiger charge is 2.27. The highest BCUT2D eigenvalue weighted by Crippen LogP contribution is 2.23. The predicted molar refractivity (Wildman–Crippen MR) is 122 cm³/mol. The van der Waals surface area contributed by atoms with Crippen LogP contribution in [0.1, 0.15) is 12.0 Å². The van der Waals surface area contributed by atoms with Crippen molar-refractivity contribution in [3.05, 3.63) is 81.9 Å². The Labute approximate surface area is 190 Å². The lowest BCUT2D eigenvalue weighted by atomic mass is 10.2. The van der Waals surface area contributed by atoms with Gasteiger partial charge in [0.2, 0.25) is 0 Å². The first-order valence-corrected chi connectivity index (χ1v) is 12.0. The van der Waals surface area contributed by atoms with Gasteiger partial charge in [-0.2, -0.15) is 8.42 Å². The number of halogens is 1. The fourth-order valence-corrected chi connectivity index (χ4v) is 4.69. The Hall–Kier alpha value is -2.88. The van der Waals surface area contributed by atoms with Gasteiger partial charge >= 0.3 is 0 Å². The monoisotopic (exact) mass is 475 g/mol. The molecule has 10 heteroatoms. The molecule has 0 amide bonds. The first kappa shape index (κ1) is 22.3. The van der Waals surface area contributed by atoms with Crippen molar-refractivity contribution < 1.29 is 17.7 Å². The minimum absolute atomic E-state index is 0.130. The molecule has 1 saturated heterocycles. The van der Waals surface area contributed by atoms with E-state index in [-0.39, 0.29) is 17.2 Å². The van der Waals surface area contributed by atoms with Gasteiger partial charge in [-0.3, -0.25) is 13.9 Å². The highest BCUT2D eigenvalue weighted by atomic mass is 35.5. The Morgan fingerprint density at radius 3 is 2.59 bits per heavy atom. The first-order valence-electron chi connectivity index (χ1n) is 10.0. The molecule has 1 atom stereocenters. The minimum atomic E-state index is -3.99. The van der Waals surface area contributed by atoms with Crippen LogP contribution in [0.25, 0.3) is 5.69 Å². The van der Waals surface area contributed by atoms with Gasteiger partial charge in [-0.25, -0.2) is 4.98 Å². The molecule has 1 N–H and O–H groups in total. The van der Waals surface area contributed by atoms with Gasteiger partial charge in [0.1, 0.15) is 18.2 Å². The molecule has 1 aliphatic heterocycles. The van der Waals surface area contributed by atoms with E-state index in [0.29, 0.717) is 48.4 Å². The van der Waals surface area contributed by atoms with E-state index in [2.05, 4.69) is 4.98 Å². The number of pyridine rings is 2. The van der Waals surface area contributed by atoms with Crippen LogP contribution in [0.15, 0.2) is 65.7 Å². The van der Waals surface area contributed by atoms with E-state index in [4.69, 9.17) is 20.9 Å². The van der Waals surface area contributed by atoms with E-state index in [1.807, 2.05) is 17.0 Å². The van der Waals surface area contributed by atoms with Crippen LogP contribution in [0.3, 0.4) is 0 Å². The quantitative estimate of drug-likeness (QED) is 0.523. The maximum Gasteiger partial charge on any atom is 0.265 e. The fourth-order valence-electron chi connectivity index (χ4n) is 3.69. The number of rotatable bonds is 7. The number of benzene rings is 1. The summed E-state index contributed by atoms with van der Waals surface area (Å²) in [6.07, 6.45) is 3.90. The second kappa shape index (κ2) is 9.32. The van der Waals surface area contributed by atoms with Crippen molar-refractivity contribution in [2.24, 2.45) is 5.92 Å². The van der Waals surface area contributed by atoms with Gasteiger partial charge in [0.05, 0.1) is 17.6 Å². The first-order chi connectivity index (χ1) is 15.3. The van der Waals surface area contributed by atoms with Crippen LogP contribution in [-0.2, 0) is 16.7 Å². The SMILES string of the molecule is O=c1cc(OCc2ccc(Cl)cc2)ccn1-c1ccc(N2CC[C@@H](CS(=O)(=O)O)C2)nc1. The molecular weight excluding hydrogens is 454 g/mol. The van der Waals surface area contributed by atoms with E-state index < -0.39 is 10.1 Å². The predicted octanol–water partition coefficient (Wildman–Crippen LogP) is 3.18. The second-order valence-corrected chi connectivity index (χ2v) is 9.64. The van der Waals surface area contributed by atoms with Gasteiger partial charge in [-0.1, -0.05) is 23.7 Å². The van der Waals surface area contributed by atoms with Gasteiger partial charge in [0.15, 0.2) is 0 Å². The Kier molecular flexibility index (Phi) is 6.50. The summed E-state index contributed by atoms with van der Waals surface area (Å²) >= 11 is 5.88. The smallest absolute Gasteiger partial charge is 0.265 e. The molecular formula is C22H22ClN3O5S. The van der Waals surface area contributed by atoms with Crippen LogP contribution in [0.4, 0.5) is 5.82 Å². The Morgan fingerprint density at radius 2 is 1.94 bits per heavy atom. The summed E-state index contributed by atoms with van der Waals surface area (Å²) in [7, 11) is -3.99. The third-order valence-corrected chi connectivity index (χ3v) is 6.42. The largest absolute Gasteiger partial charge is 0.489 e. The molecule has 4 rings (SSSR count). The number of hydrogen-bond donors (Lipinski definition) is 1.